The van der Waals surface area contributed by atoms with E-state index in [1.165, 1.54) is 6.08 Å². The Labute approximate surface area is 112 Å². The fraction of sp³-hybridized carbons (Fsp3) is 0.636. The molecule has 0 saturated carbocycles. The predicted molar refractivity (Wildman–Crippen MR) is 69.6 cm³/mol. The van der Waals surface area contributed by atoms with Crippen molar-refractivity contribution in [1.82, 2.24) is 10.2 Å². The van der Waals surface area contributed by atoms with Crippen LogP contribution in [0.5, 0.6) is 0 Å². The number of amides is 2. The molecule has 1 saturated heterocycles. The molecule has 19 heavy (non-hydrogen) atoms. The van der Waals surface area contributed by atoms with Gasteiger partial charge in [0.25, 0.3) is 0 Å². The van der Waals surface area contributed by atoms with Gasteiger partial charge in [-0.25, -0.2) is 13.2 Å². The molecule has 1 fully saturated rings. The molecule has 0 aromatic carbocycles. The van der Waals surface area contributed by atoms with Crippen LogP contribution in [0, 0.1) is 0 Å². The number of sulfone groups is 1. The zero-order chi connectivity index (χ0) is 14.5. The van der Waals surface area contributed by atoms with Crippen LogP contribution in [0.2, 0.25) is 0 Å². The average molecular weight is 290 g/mol. The van der Waals surface area contributed by atoms with Crippen molar-refractivity contribution in [1.29, 1.82) is 0 Å². The molecule has 1 aliphatic rings. The molecule has 0 radical (unpaired) electrons. The summed E-state index contributed by atoms with van der Waals surface area (Å²) >= 11 is 0. The Hall–Kier alpha value is -1.57. The molecular formula is C11H18N2O5S. The Morgan fingerprint density at radius 2 is 1.95 bits per heavy atom. The van der Waals surface area contributed by atoms with Crippen molar-refractivity contribution in [2.24, 2.45) is 0 Å². The van der Waals surface area contributed by atoms with Gasteiger partial charge in [-0.1, -0.05) is 6.08 Å². The largest absolute Gasteiger partial charge is 0.480 e. The molecule has 0 unspecified atom stereocenters. The maximum Gasteiger partial charge on any atom is 0.323 e. The van der Waals surface area contributed by atoms with Gasteiger partial charge in [0.1, 0.15) is 16.4 Å². The minimum absolute atomic E-state index is 0.0539. The van der Waals surface area contributed by atoms with E-state index in [4.69, 9.17) is 5.11 Å². The molecule has 0 aromatic heterocycles. The van der Waals surface area contributed by atoms with E-state index < -0.39 is 28.4 Å². The number of carbonyl (C=O) groups is 2. The van der Waals surface area contributed by atoms with E-state index in [1.807, 2.05) is 0 Å². The predicted octanol–water partition coefficient (Wildman–Crippen LogP) is -0.154. The SMILES string of the molecule is C=CCN(CC(=O)O)C(=O)NC1CCS(=O)(=O)CC1. The Bertz CT molecular complexity index is 446. The summed E-state index contributed by atoms with van der Waals surface area (Å²) in [5.74, 6) is -1.00. The maximum atomic E-state index is 11.9. The van der Waals surface area contributed by atoms with Crippen LogP contribution in [-0.4, -0.2) is 61.1 Å². The third-order valence-electron chi connectivity index (χ3n) is 2.85. The monoisotopic (exact) mass is 290 g/mol. The van der Waals surface area contributed by atoms with Crippen molar-refractivity contribution in [3.05, 3.63) is 12.7 Å². The Kier molecular flexibility index (Phi) is 5.34. The van der Waals surface area contributed by atoms with E-state index >= 15 is 0 Å². The minimum Gasteiger partial charge on any atom is -0.480 e. The molecule has 8 heteroatoms. The summed E-state index contributed by atoms with van der Waals surface area (Å²) in [6.45, 7) is 3.18. The average Bonchev–Trinajstić information content (AvgIpc) is 2.31. The summed E-state index contributed by atoms with van der Waals surface area (Å²) < 4.78 is 22.5. The number of hydrogen-bond acceptors (Lipinski definition) is 4. The molecule has 0 atom stereocenters. The summed E-state index contributed by atoms with van der Waals surface area (Å²) in [7, 11) is -2.98. The van der Waals surface area contributed by atoms with Crippen LogP contribution >= 0.6 is 0 Å². The lowest BCUT2D eigenvalue weighted by atomic mass is 10.1. The lowest BCUT2D eigenvalue weighted by Crippen LogP contribution is -2.48. The van der Waals surface area contributed by atoms with Gasteiger partial charge in [-0.05, 0) is 12.8 Å². The Balaban J connectivity index is 2.52. The third-order valence-corrected chi connectivity index (χ3v) is 4.56. The van der Waals surface area contributed by atoms with Crippen LogP contribution in [-0.2, 0) is 14.6 Å². The van der Waals surface area contributed by atoms with E-state index in [0.29, 0.717) is 12.8 Å². The second-order valence-electron chi connectivity index (χ2n) is 4.44. The molecular weight excluding hydrogens is 272 g/mol. The summed E-state index contributed by atoms with van der Waals surface area (Å²) in [5, 5.41) is 11.4. The van der Waals surface area contributed by atoms with Gasteiger partial charge in [-0.3, -0.25) is 4.79 Å². The van der Waals surface area contributed by atoms with Crippen molar-refractivity contribution < 1.29 is 23.1 Å². The summed E-state index contributed by atoms with van der Waals surface area (Å²) in [5.41, 5.74) is 0. The van der Waals surface area contributed by atoms with Gasteiger partial charge in [0.15, 0.2) is 0 Å². The number of carboxylic acid groups (broad SMARTS) is 1. The molecule has 1 heterocycles. The maximum absolute atomic E-state index is 11.9. The van der Waals surface area contributed by atoms with Gasteiger partial charge in [-0.2, -0.15) is 0 Å². The number of carbonyl (C=O) groups excluding carboxylic acids is 1. The van der Waals surface area contributed by atoms with Gasteiger partial charge >= 0.3 is 12.0 Å². The molecule has 0 spiro atoms. The lowest BCUT2D eigenvalue weighted by molar-refractivity contribution is -0.137. The molecule has 0 aliphatic carbocycles. The fourth-order valence-electron chi connectivity index (χ4n) is 1.84. The van der Waals surface area contributed by atoms with E-state index in [2.05, 4.69) is 11.9 Å². The van der Waals surface area contributed by atoms with E-state index in [9.17, 15) is 18.0 Å². The minimum atomic E-state index is -2.98. The molecule has 7 nitrogen and oxygen atoms in total. The number of carboxylic acids is 1. The number of nitrogens with zero attached hydrogens (tertiary/aromatic N) is 1. The molecule has 0 bridgehead atoms. The van der Waals surface area contributed by atoms with Crippen molar-refractivity contribution in [3.8, 4) is 0 Å². The molecule has 0 aromatic rings. The Morgan fingerprint density at radius 1 is 1.37 bits per heavy atom. The van der Waals surface area contributed by atoms with Crippen LogP contribution in [0.3, 0.4) is 0 Å². The topological polar surface area (TPSA) is 104 Å². The zero-order valence-electron chi connectivity index (χ0n) is 10.5. The molecule has 1 aliphatic heterocycles. The molecule has 108 valence electrons. The highest BCUT2D eigenvalue weighted by molar-refractivity contribution is 7.91. The molecule has 2 N–H and O–H groups in total. The van der Waals surface area contributed by atoms with Crippen molar-refractivity contribution >= 4 is 21.8 Å². The number of rotatable bonds is 5. The van der Waals surface area contributed by atoms with Crippen LogP contribution in [0.25, 0.3) is 0 Å². The summed E-state index contributed by atoms with van der Waals surface area (Å²) in [4.78, 5) is 23.6. The van der Waals surface area contributed by atoms with E-state index in [-0.39, 0.29) is 24.1 Å². The second-order valence-corrected chi connectivity index (χ2v) is 6.74. The van der Waals surface area contributed by atoms with Crippen LogP contribution in [0.1, 0.15) is 12.8 Å². The highest BCUT2D eigenvalue weighted by Crippen LogP contribution is 2.12. The summed E-state index contributed by atoms with van der Waals surface area (Å²) in [6.07, 6.45) is 2.17. The fourth-order valence-corrected chi connectivity index (χ4v) is 3.33. The van der Waals surface area contributed by atoms with Gasteiger partial charge < -0.3 is 15.3 Å². The lowest BCUT2D eigenvalue weighted by Gasteiger charge is -2.26. The first-order chi connectivity index (χ1) is 8.84. The third kappa shape index (κ3) is 5.29. The number of hydrogen-bond donors (Lipinski definition) is 2. The first-order valence-corrected chi connectivity index (χ1v) is 7.75. The highest BCUT2D eigenvalue weighted by atomic mass is 32.2. The van der Waals surface area contributed by atoms with E-state index in [1.54, 1.807) is 0 Å². The van der Waals surface area contributed by atoms with Crippen molar-refractivity contribution in [3.63, 3.8) is 0 Å². The zero-order valence-corrected chi connectivity index (χ0v) is 11.4. The van der Waals surface area contributed by atoms with Gasteiger partial charge in [0.05, 0.1) is 11.5 Å². The molecule has 1 rings (SSSR count). The van der Waals surface area contributed by atoms with Gasteiger partial charge in [-0.15, -0.1) is 6.58 Å². The number of aliphatic carboxylic acids is 1. The summed E-state index contributed by atoms with van der Waals surface area (Å²) in [6, 6.07) is -0.733. The van der Waals surface area contributed by atoms with Gasteiger partial charge in [0.2, 0.25) is 0 Å². The van der Waals surface area contributed by atoms with Crippen molar-refractivity contribution in [2.45, 2.75) is 18.9 Å². The smallest absolute Gasteiger partial charge is 0.323 e. The first-order valence-electron chi connectivity index (χ1n) is 5.92. The number of nitrogens with one attached hydrogen (secondary N) is 1. The number of urea groups is 1. The highest BCUT2D eigenvalue weighted by Gasteiger charge is 2.26. The van der Waals surface area contributed by atoms with Crippen LogP contribution in [0.15, 0.2) is 12.7 Å². The normalized spacial score (nSPS) is 18.5. The standard InChI is InChI=1S/C11H18N2O5S/c1-2-5-13(8-10(14)15)11(16)12-9-3-6-19(17,18)7-4-9/h2,9H,1,3-8H2,(H,12,16)(H,14,15). The Morgan fingerprint density at radius 3 is 2.42 bits per heavy atom. The quantitative estimate of drug-likeness (QED) is 0.685. The van der Waals surface area contributed by atoms with Gasteiger partial charge in [0, 0.05) is 12.6 Å². The van der Waals surface area contributed by atoms with Crippen LogP contribution in [0.4, 0.5) is 4.79 Å². The second kappa shape index (κ2) is 6.55. The van der Waals surface area contributed by atoms with Crippen molar-refractivity contribution in [2.75, 3.05) is 24.6 Å². The molecule has 2 amide bonds. The van der Waals surface area contributed by atoms with E-state index in [0.717, 1.165) is 4.90 Å². The van der Waals surface area contributed by atoms with Crippen LogP contribution < -0.4 is 5.32 Å². The first kappa shape index (κ1) is 15.5.